The second-order valence-corrected chi connectivity index (χ2v) is 6.20. The minimum Gasteiger partial charge on any atom is -0.368 e. The first-order valence-corrected chi connectivity index (χ1v) is 7.63. The number of hydrogen-bond donors (Lipinski definition) is 2. The fourth-order valence-electron chi connectivity index (χ4n) is 2.74. The van der Waals surface area contributed by atoms with E-state index in [9.17, 15) is 0 Å². The van der Waals surface area contributed by atoms with Gasteiger partial charge in [-0.1, -0.05) is 12.8 Å². The first-order valence-electron chi connectivity index (χ1n) is 7.63. The van der Waals surface area contributed by atoms with E-state index in [0.29, 0.717) is 18.0 Å². The molecule has 2 N–H and O–H groups in total. The van der Waals surface area contributed by atoms with E-state index in [1.165, 1.54) is 44.2 Å². The van der Waals surface area contributed by atoms with Crippen LogP contribution in [-0.4, -0.2) is 22.1 Å². The summed E-state index contributed by atoms with van der Waals surface area (Å²) in [6.07, 6.45) is 7.73. The van der Waals surface area contributed by atoms with Crippen LogP contribution in [0.15, 0.2) is 6.07 Å². The number of rotatable bonds is 5. The summed E-state index contributed by atoms with van der Waals surface area (Å²) >= 11 is 0. The van der Waals surface area contributed by atoms with Gasteiger partial charge < -0.3 is 10.6 Å². The molecule has 0 unspecified atom stereocenters. The van der Waals surface area contributed by atoms with E-state index in [2.05, 4.69) is 35.5 Å². The molecule has 2 aliphatic carbocycles. The molecule has 0 saturated heterocycles. The Labute approximate surface area is 115 Å². The first-order chi connectivity index (χ1) is 9.20. The van der Waals surface area contributed by atoms with Gasteiger partial charge in [0.15, 0.2) is 0 Å². The largest absolute Gasteiger partial charge is 0.368 e. The van der Waals surface area contributed by atoms with Crippen LogP contribution in [0.1, 0.15) is 64.0 Å². The van der Waals surface area contributed by atoms with Crippen molar-refractivity contribution in [2.75, 3.05) is 10.6 Å². The molecule has 0 bridgehead atoms. The molecule has 0 radical (unpaired) electrons. The molecule has 0 spiro atoms. The lowest BCUT2D eigenvalue weighted by molar-refractivity contribution is 0.741. The molecule has 1 aromatic rings. The zero-order valence-electron chi connectivity index (χ0n) is 11.9. The predicted octanol–water partition coefficient (Wildman–Crippen LogP) is 3.53. The summed E-state index contributed by atoms with van der Waals surface area (Å²) < 4.78 is 0. The zero-order valence-corrected chi connectivity index (χ0v) is 11.9. The fraction of sp³-hybridized carbons (Fsp3) is 0.733. The molecule has 104 valence electrons. The van der Waals surface area contributed by atoms with E-state index < -0.39 is 0 Å². The number of anilines is 2. The Balaban J connectivity index is 1.78. The van der Waals surface area contributed by atoms with E-state index in [0.717, 1.165) is 11.8 Å². The SMILES string of the molecule is CC(C)Nc1cc(C2CC2)nc(NC2CCCC2)n1. The van der Waals surface area contributed by atoms with Gasteiger partial charge >= 0.3 is 0 Å². The Morgan fingerprint density at radius 3 is 2.47 bits per heavy atom. The molecule has 4 heteroatoms. The van der Waals surface area contributed by atoms with Crippen molar-refractivity contribution in [3.05, 3.63) is 11.8 Å². The van der Waals surface area contributed by atoms with E-state index in [1.807, 2.05) is 0 Å². The van der Waals surface area contributed by atoms with E-state index in [4.69, 9.17) is 4.98 Å². The molecule has 0 aliphatic heterocycles. The van der Waals surface area contributed by atoms with Crippen LogP contribution in [0.4, 0.5) is 11.8 Å². The second-order valence-electron chi connectivity index (χ2n) is 6.20. The van der Waals surface area contributed by atoms with Crippen molar-refractivity contribution in [2.24, 2.45) is 0 Å². The second kappa shape index (κ2) is 5.35. The summed E-state index contributed by atoms with van der Waals surface area (Å²) in [5, 5.41) is 6.92. The summed E-state index contributed by atoms with van der Waals surface area (Å²) in [6.45, 7) is 4.28. The molecule has 19 heavy (non-hydrogen) atoms. The highest BCUT2D eigenvalue weighted by atomic mass is 15.2. The van der Waals surface area contributed by atoms with Crippen molar-refractivity contribution in [3.63, 3.8) is 0 Å². The van der Waals surface area contributed by atoms with Gasteiger partial charge in [0.1, 0.15) is 5.82 Å². The molecule has 1 aromatic heterocycles. The fourth-order valence-corrected chi connectivity index (χ4v) is 2.74. The molecule has 2 saturated carbocycles. The summed E-state index contributed by atoms with van der Waals surface area (Å²) in [7, 11) is 0. The predicted molar refractivity (Wildman–Crippen MR) is 78.6 cm³/mol. The third-order valence-corrected chi connectivity index (χ3v) is 3.87. The van der Waals surface area contributed by atoms with Gasteiger partial charge in [-0.3, -0.25) is 0 Å². The number of hydrogen-bond acceptors (Lipinski definition) is 4. The van der Waals surface area contributed by atoms with Crippen molar-refractivity contribution in [1.82, 2.24) is 9.97 Å². The molecular formula is C15H24N4. The van der Waals surface area contributed by atoms with E-state index in [1.54, 1.807) is 0 Å². The third-order valence-electron chi connectivity index (χ3n) is 3.87. The highest BCUT2D eigenvalue weighted by molar-refractivity contribution is 5.45. The van der Waals surface area contributed by atoms with Crippen LogP contribution in [0.25, 0.3) is 0 Å². The molecular weight excluding hydrogens is 236 g/mol. The smallest absolute Gasteiger partial charge is 0.225 e. The van der Waals surface area contributed by atoms with Crippen molar-refractivity contribution >= 4 is 11.8 Å². The van der Waals surface area contributed by atoms with Gasteiger partial charge in [-0.05, 0) is 39.5 Å². The minimum atomic E-state index is 0.404. The van der Waals surface area contributed by atoms with E-state index >= 15 is 0 Å². The highest BCUT2D eigenvalue weighted by Gasteiger charge is 2.26. The summed E-state index contributed by atoms with van der Waals surface area (Å²) in [5.41, 5.74) is 1.21. The van der Waals surface area contributed by atoms with Crippen molar-refractivity contribution in [1.29, 1.82) is 0 Å². The summed E-state index contributed by atoms with van der Waals surface area (Å²) in [6, 6.07) is 3.10. The van der Waals surface area contributed by atoms with Gasteiger partial charge in [-0.25, -0.2) is 4.98 Å². The molecule has 0 atom stereocenters. The quantitative estimate of drug-likeness (QED) is 0.850. The lowest BCUT2D eigenvalue weighted by atomic mass is 10.2. The average molecular weight is 260 g/mol. The molecule has 4 nitrogen and oxygen atoms in total. The van der Waals surface area contributed by atoms with Crippen molar-refractivity contribution < 1.29 is 0 Å². The molecule has 2 fully saturated rings. The maximum Gasteiger partial charge on any atom is 0.225 e. The van der Waals surface area contributed by atoms with E-state index in [-0.39, 0.29) is 0 Å². The van der Waals surface area contributed by atoms with Crippen molar-refractivity contribution in [3.8, 4) is 0 Å². The lowest BCUT2D eigenvalue weighted by Crippen LogP contribution is -2.19. The number of nitrogens with zero attached hydrogens (tertiary/aromatic N) is 2. The van der Waals surface area contributed by atoms with Crippen LogP contribution >= 0.6 is 0 Å². The van der Waals surface area contributed by atoms with Crippen LogP contribution in [0, 0.1) is 0 Å². The Morgan fingerprint density at radius 2 is 1.84 bits per heavy atom. The van der Waals surface area contributed by atoms with Crippen LogP contribution in [0.5, 0.6) is 0 Å². The Bertz CT molecular complexity index is 434. The van der Waals surface area contributed by atoms with Crippen LogP contribution < -0.4 is 10.6 Å². The van der Waals surface area contributed by atoms with Gasteiger partial charge in [-0.2, -0.15) is 4.98 Å². The Hall–Kier alpha value is -1.32. The standard InChI is InChI=1S/C15H24N4/c1-10(2)16-14-9-13(11-7-8-11)18-15(19-14)17-12-5-3-4-6-12/h9-12H,3-8H2,1-2H3,(H2,16,17,18,19). The molecule has 0 amide bonds. The number of aromatic nitrogens is 2. The molecule has 2 aliphatic rings. The van der Waals surface area contributed by atoms with Crippen molar-refractivity contribution in [2.45, 2.75) is 70.4 Å². The van der Waals surface area contributed by atoms with Crippen LogP contribution in [-0.2, 0) is 0 Å². The molecule has 3 rings (SSSR count). The normalized spacial score (nSPS) is 19.9. The van der Waals surface area contributed by atoms with Crippen LogP contribution in [0.3, 0.4) is 0 Å². The summed E-state index contributed by atoms with van der Waals surface area (Å²) in [5.74, 6) is 2.45. The Morgan fingerprint density at radius 1 is 1.11 bits per heavy atom. The highest BCUT2D eigenvalue weighted by Crippen LogP contribution is 2.40. The topological polar surface area (TPSA) is 49.8 Å². The van der Waals surface area contributed by atoms with Gasteiger partial charge in [-0.15, -0.1) is 0 Å². The molecule has 0 aromatic carbocycles. The maximum atomic E-state index is 4.70. The minimum absolute atomic E-state index is 0.404. The summed E-state index contributed by atoms with van der Waals surface area (Å²) in [4.78, 5) is 9.32. The van der Waals surface area contributed by atoms with Gasteiger partial charge in [0.25, 0.3) is 0 Å². The lowest BCUT2D eigenvalue weighted by Gasteiger charge is -2.15. The third kappa shape index (κ3) is 3.37. The maximum absolute atomic E-state index is 4.70. The van der Waals surface area contributed by atoms with Gasteiger partial charge in [0, 0.05) is 24.1 Å². The van der Waals surface area contributed by atoms with Crippen LogP contribution in [0.2, 0.25) is 0 Å². The van der Waals surface area contributed by atoms with Gasteiger partial charge in [0.05, 0.1) is 5.69 Å². The average Bonchev–Trinajstić information content (AvgIpc) is 3.08. The van der Waals surface area contributed by atoms with Gasteiger partial charge in [0.2, 0.25) is 5.95 Å². The monoisotopic (exact) mass is 260 g/mol. The Kier molecular flexibility index (Phi) is 3.58. The zero-order chi connectivity index (χ0) is 13.2. The molecule has 1 heterocycles. The first kappa shape index (κ1) is 12.7. The number of nitrogens with one attached hydrogen (secondary N) is 2.